The third-order valence-electron chi connectivity index (χ3n) is 6.62. The van der Waals surface area contributed by atoms with Crippen LogP contribution in [0.1, 0.15) is 55.8 Å². The number of unbranched alkanes of at least 4 members (excludes halogenated alkanes) is 3. The third-order valence-corrected chi connectivity index (χ3v) is 6.62. The predicted molar refractivity (Wildman–Crippen MR) is 147 cm³/mol. The number of cyclic esters (lactones) is 1. The Kier molecular flexibility index (Phi) is 9.20. The largest absolute Gasteiger partial charge is 0.497 e. The Morgan fingerprint density at radius 2 is 1.50 bits per heavy atom. The average molecular weight is 515 g/mol. The highest BCUT2D eigenvalue weighted by molar-refractivity contribution is 5.91. The van der Waals surface area contributed by atoms with Crippen LogP contribution in [-0.4, -0.2) is 31.3 Å². The second-order valence-electron chi connectivity index (χ2n) is 9.42. The van der Waals surface area contributed by atoms with Gasteiger partial charge >= 0.3 is 11.9 Å². The molecular formula is C32H34O6. The fourth-order valence-electron chi connectivity index (χ4n) is 4.40. The Morgan fingerprint density at radius 1 is 0.895 bits per heavy atom. The van der Waals surface area contributed by atoms with Crippen LogP contribution in [0, 0.1) is 0 Å². The second kappa shape index (κ2) is 13.0. The Morgan fingerprint density at radius 3 is 2.05 bits per heavy atom. The molecule has 0 N–H and O–H groups in total. The quantitative estimate of drug-likeness (QED) is 0.110. The molecular weight excluding hydrogens is 480 g/mol. The molecule has 4 rings (SSSR count). The fraction of sp³-hybridized carbons (Fsp3) is 0.312. The molecule has 0 aliphatic carbocycles. The first-order chi connectivity index (χ1) is 18.5. The number of benzene rings is 3. The van der Waals surface area contributed by atoms with Crippen molar-refractivity contribution in [2.24, 2.45) is 0 Å². The Labute approximate surface area is 224 Å². The summed E-state index contributed by atoms with van der Waals surface area (Å²) in [5.74, 6) is 1.06. The van der Waals surface area contributed by atoms with Crippen LogP contribution in [0.15, 0.2) is 84.9 Å². The Hall–Kier alpha value is -4.06. The molecule has 2 unspecified atom stereocenters. The molecule has 0 spiro atoms. The van der Waals surface area contributed by atoms with Crippen molar-refractivity contribution in [1.29, 1.82) is 0 Å². The summed E-state index contributed by atoms with van der Waals surface area (Å²) in [7, 11) is 1.64. The molecule has 0 radical (unpaired) electrons. The van der Waals surface area contributed by atoms with Gasteiger partial charge in [0.1, 0.15) is 29.5 Å². The van der Waals surface area contributed by atoms with E-state index in [0.717, 1.165) is 49.0 Å². The number of hydrogen-bond donors (Lipinski definition) is 0. The van der Waals surface area contributed by atoms with E-state index in [1.165, 1.54) is 0 Å². The van der Waals surface area contributed by atoms with Crippen LogP contribution in [0.2, 0.25) is 0 Å². The van der Waals surface area contributed by atoms with Crippen molar-refractivity contribution in [2.45, 2.75) is 57.7 Å². The SMILES string of the molecule is C=C1CC(C(CCCCCC)Oc2ccc(C(=O)Oc3ccc(-c4ccc(OC)cc4)cc3)cc2)OC1=O. The van der Waals surface area contributed by atoms with E-state index in [0.29, 0.717) is 29.1 Å². The molecule has 0 aromatic heterocycles. The predicted octanol–water partition coefficient (Wildman–Crippen LogP) is 7.17. The molecule has 38 heavy (non-hydrogen) atoms. The average Bonchev–Trinajstić information content (AvgIpc) is 3.29. The summed E-state index contributed by atoms with van der Waals surface area (Å²) in [4.78, 5) is 24.6. The van der Waals surface area contributed by atoms with E-state index in [4.69, 9.17) is 18.9 Å². The smallest absolute Gasteiger partial charge is 0.343 e. The highest BCUT2D eigenvalue weighted by atomic mass is 16.6. The maximum Gasteiger partial charge on any atom is 0.343 e. The van der Waals surface area contributed by atoms with E-state index in [2.05, 4.69) is 13.5 Å². The van der Waals surface area contributed by atoms with Crippen LogP contribution in [0.5, 0.6) is 17.2 Å². The molecule has 6 nitrogen and oxygen atoms in total. The first-order valence-corrected chi connectivity index (χ1v) is 13.1. The van der Waals surface area contributed by atoms with Crippen LogP contribution in [0.3, 0.4) is 0 Å². The Bertz CT molecular complexity index is 1210. The lowest BCUT2D eigenvalue weighted by Gasteiger charge is -2.24. The van der Waals surface area contributed by atoms with E-state index < -0.39 is 5.97 Å². The fourth-order valence-corrected chi connectivity index (χ4v) is 4.40. The molecule has 3 aromatic rings. The van der Waals surface area contributed by atoms with Crippen molar-refractivity contribution < 1.29 is 28.5 Å². The van der Waals surface area contributed by atoms with Crippen LogP contribution in [-0.2, 0) is 9.53 Å². The molecule has 1 fully saturated rings. The minimum Gasteiger partial charge on any atom is -0.497 e. The number of rotatable bonds is 12. The van der Waals surface area contributed by atoms with Crippen molar-refractivity contribution in [3.05, 3.63) is 90.5 Å². The van der Waals surface area contributed by atoms with Gasteiger partial charge in [-0.25, -0.2) is 9.59 Å². The van der Waals surface area contributed by atoms with E-state index in [1.807, 2.05) is 36.4 Å². The van der Waals surface area contributed by atoms with Gasteiger partial charge in [-0.05, 0) is 72.5 Å². The maximum absolute atomic E-state index is 12.7. The zero-order valence-corrected chi connectivity index (χ0v) is 22.0. The van der Waals surface area contributed by atoms with Gasteiger partial charge in [0.05, 0.1) is 12.7 Å². The monoisotopic (exact) mass is 514 g/mol. The highest BCUT2D eigenvalue weighted by Crippen LogP contribution is 2.28. The summed E-state index contributed by atoms with van der Waals surface area (Å²) in [5, 5.41) is 0. The van der Waals surface area contributed by atoms with Gasteiger partial charge in [0.25, 0.3) is 0 Å². The summed E-state index contributed by atoms with van der Waals surface area (Å²) in [6.07, 6.45) is 5.03. The molecule has 3 aromatic carbocycles. The third kappa shape index (κ3) is 7.03. The number of esters is 2. The Balaban J connectivity index is 1.36. The zero-order valence-electron chi connectivity index (χ0n) is 22.0. The van der Waals surface area contributed by atoms with Crippen molar-refractivity contribution in [2.75, 3.05) is 7.11 Å². The van der Waals surface area contributed by atoms with Gasteiger partial charge in [-0.1, -0.05) is 57.0 Å². The first kappa shape index (κ1) is 27.0. The second-order valence-corrected chi connectivity index (χ2v) is 9.42. The summed E-state index contributed by atoms with van der Waals surface area (Å²) >= 11 is 0. The lowest BCUT2D eigenvalue weighted by Crippen LogP contribution is -2.31. The lowest BCUT2D eigenvalue weighted by molar-refractivity contribution is -0.142. The molecule has 0 amide bonds. The number of methoxy groups -OCH3 is 1. The zero-order chi connectivity index (χ0) is 26.9. The number of carbonyl (C=O) groups excluding carboxylic acids is 2. The van der Waals surface area contributed by atoms with Crippen molar-refractivity contribution >= 4 is 11.9 Å². The highest BCUT2D eigenvalue weighted by Gasteiger charge is 2.35. The van der Waals surface area contributed by atoms with Crippen molar-refractivity contribution in [1.82, 2.24) is 0 Å². The van der Waals surface area contributed by atoms with E-state index in [1.54, 1.807) is 43.5 Å². The summed E-state index contributed by atoms with van der Waals surface area (Å²) < 4.78 is 22.5. The van der Waals surface area contributed by atoms with Gasteiger partial charge in [-0.3, -0.25) is 0 Å². The van der Waals surface area contributed by atoms with Gasteiger partial charge in [-0.2, -0.15) is 0 Å². The standard InChI is InChI=1S/C32H34O6/c1-4-5-6-7-8-29(30-21-22(2)31(33)38-30)36-27-19-13-25(14-20-27)32(34)37-28-17-11-24(12-18-28)23-9-15-26(35-3)16-10-23/h9-20,29-30H,2,4-8,21H2,1,3H3. The first-order valence-electron chi connectivity index (χ1n) is 13.1. The molecule has 198 valence electrons. The van der Waals surface area contributed by atoms with E-state index in [-0.39, 0.29) is 18.2 Å². The molecule has 1 aliphatic rings. The van der Waals surface area contributed by atoms with Crippen LogP contribution >= 0.6 is 0 Å². The van der Waals surface area contributed by atoms with Crippen LogP contribution in [0.25, 0.3) is 11.1 Å². The minimum atomic E-state index is -0.453. The van der Waals surface area contributed by atoms with Gasteiger partial charge in [0.15, 0.2) is 0 Å². The lowest BCUT2D eigenvalue weighted by atomic mass is 10.0. The van der Waals surface area contributed by atoms with Gasteiger partial charge in [0.2, 0.25) is 0 Å². The maximum atomic E-state index is 12.7. The van der Waals surface area contributed by atoms with E-state index in [9.17, 15) is 9.59 Å². The molecule has 6 heteroatoms. The topological polar surface area (TPSA) is 71.1 Å². The minimum absolute atomic E-state index is 0.267. The summed E-state index contributed by atoms with van der Waals surface area (Å²) in [6, 6.07) is 22.0. The number of ether oxygens (including phenoxy) is 4. The molecule has 0 saturated carbocycles. The number of carbonyl (C=O) groups is 2. The normalized spacial score (nSPS) is 15.6. The van der Waals surface area contributed by atoms with Gasteiger partial charge < -0.3 is 18.9 Å². The summed E-state index contributed by atoms with van der Waals surface area (Å²) in [5.41, 5.74) is 2.94. The van der Waals surface area contributed by atoms with Crippen molar-refractivity contribution in [3.63, 3.8) is 0 Å². The molecule has 1 saturated heterocycles. The molecule has 2 atom stereocenters. The van der Waals surface area contributed by atoms with Gasteiger partial charge in [-0.15, -0.1) is 0 Å². The van der Waals surface area contributed by atoms with Crippen LogP contribution in [0.4, 0.5) is 0 Å². The summed E-state index contributed by atoms with van der Waals surface area (Å²) in [6.45, 7) is 5.96. The molecule has 1 aliphatic heterocycles. The number of hydrogen-bond acceptors (Lipinski definition) is 6. The van der Waals surface area contributed by atoms with Crippen molar-refractivity contribution in [3.8, 4) is 28.4 Å². The van der Waals surface area contributed by atoms with E-state index >= 15 is 0 Å². The molecule has 1 heterocycles. The molecule has 0 bridgehead atoms. The van der Waals surface area contributed by atoms with Crippen LogP contribution < -0.4 is 14.2 Å². The van der Waals surface area contributed by atoms with Gasteiger partial charge in [0, 0.05) is 12.0 Å².